The van der Waals surface area contributed by atoms with Gasteiger partial charge in [0.1, 0.15) is 0 Å². The molecule has 1 heterocycles. The van der Waals surface area contributed by atoms with Gasteiger partial charge in [-0.1, -0.05) is 34.1 Å². The zero-order valence-electron chi connectivity index (χ0n) is 14.5. The molecular weight excluding hydrogens is 366 g/mol. The fraction of sp³-hybridized carbons (Fsp3) is 0.350. The Balaban J connectivity index is 2.09. The summed E-state index contributed by atoms with van der Waals surface area (Å²) in [6.45, 7) is 4.35. The molecule has 0 bridgehead atoms. The molecule has 0 saturated carbocycles. The summed E-state index contributed by atoms with van der Waals surface area (Å²) in [5.41, 5.74) is 4.62. The molecular formula is C20H22BrNO2. The lowest BCUT2D eigenvalue weighted by molar-refractivity contribution is 0.353. The van der Waals surface area contributed by atoms with E-state index in [0.717, 1.165) is 40.1 Å². The SMILES string of the molecule is COc1cc2c(cc1OC)C(Cc1ccccc1Br)=NC(C)(C)C2. The molecule has 0 aliphatic carbocycles. The van der Waals surface area contributed by atoms with Crippen molar-refractivity contribution in [1.82, 2.24) is 0 Å². The number of hydrogen-bond donors (Lipinski definition) is 0. The minimum Gasteiger partial charge on any atom is -0.493 e. The van der Waals surface area contributed by atoms with E-state index in [-0.39, 0.29) is 5.54 Å². The predicted octanol–water partition coefficient (Wildman–Crippen LogP) is 4.83. The van der Waals surface area contributed by atoms with Crippen molar-refractivity contribution in [3.63, 3.8) is 0 Å². The molecule has 1 aliphatic heterocycles. The van der Waals surface area contributed by atoms with Crippen molar-refractivity contribution in [3.05, 3.63) is 57.6 Å². The molecule has 0 fully saturated rings. The summed E-state index contributed by atoms with van der Waals surface area (Å²) in [6, 6.07) is 12.4. The van der Waals surface area contributed by atoms with Crippen molar-refractivity contribution in [2.45, 2.75) is 32.2 Å². The number of halogens is 1. The Hall–Kier alpha value is -1.81. The highest BCUT2D eigenvalue weighted by Gasteiger charge is 2.28. The normalized spacial score (nSPS) is 15.5. The zero-order chi connectivity index (χ0) is 17.3. The quantitative estimate of drug-likeness (QED) is 0.751. The number of nitrogens with zero attached hydrogens (tertiary/aromatic N) is 1. The molecule has 3 nitrogen and oxygen atoms in total. The average molecular weight is 388 g/mol. The first-order valence-electron chi connectivity index (χ1n) is 8.01. The van der Waals surface area contributed by atoms with Crippen molar-refractivity contribution in [1.29, 1.82) is 0 Å². The van der Waals surface area contributed by atoms with Crippen LogP contribution in [0, 0.1) is 0 Å². The van der Waals surface area contributed by atoms with Crippen molar-refractivity contribution in [2.75, 3.05) is 14.2 Å². The lowest BCUT2D eigenvalue weighted by Gasteiger charge is -2.30. The molecule has 24 heavy (non-hydrogen) atoms. The highest BCUT2D eigenvalue weighted by Crippen LogP contribution is 2.36. The maximum absolute atomic E-state index is 5.49. The van der Waals surface area contributed by atoms with Crippen molar-refractivity contribution < 1.29 is 9.47 Å². The number of rotatable bonds is 4. The molecule has 0 spiro atoms. The van der Waals surface area contributed by atoms with Crippen molar-refractivity contribution in [2.24, 2.45) is 4.99 Å². The van der Waals surface area contributed by atoms with Gasteiger partial charge in [0.25, 0.3) is 0 Å². The highest BCUT2D eigenvalue weighted by molar-refractivity contribution is 9.10. The summed E-state index contributed by atoms with van der Waals surface area (Å²) < 4.78 is 12.1. The second-order valence-corrected chi connectivity index (χ2v) is 7.53. The van der Waals surface area contributed by atoms with Gasteiger partial charge in [0.05, 0.1) is 19.8 Å². The minimum absolute atomic E-state index is 0.122. The number of benzene rings is 2. The van der Waals surface area contributed by atoms with Crippen LogP contribution in [0.5, 0.6) is 11.5 Å². The molecule has 0 unspecified atom stereocenters. The molecule has 126 valence electrons. The Kier molecular flexibility index (Phi) is 4.68. The van der Waals surface area contributed by atoms with E-state index in [9.17, 15) is 0 Å². The van der Waals surface area contributed by atoms with Gasteiger partial charge in [0.15, 0.2) is 11.5 Å². The number of methoxy groups -OCH3 is 2. The second kappa shape index (κ2) is 6.60. The molecule has 2 aromatic carbocycles. The van der Waals surface area contributed by atoms with Crippen molar-refractivity contribution in [3.8, 4) is 11.5 Å². The first kappa shape index (κ1) is 17.0. The average Bonchev–Trinajstić information content (AvgIpc) is 2.54. The van der Waals surface area contributed by atoms with Gasteiger partial charge in [-0.05, 0) is 49.6 Å². The van der Waals surface area contributed by atoms with Crippen LogP contribution in [0.1, 0.15) is 30.5 Å². The monoisotopic (exact) mass is 387 g/mol. The summed E-state index contributed by atoms with van der Waals surface area (Å²) in [4.78, 5) is 5.02. The fourth-order valence-corrected chi connectivity index (χ4v) is 3.65. The van der Waals surface area contributed by atoms with Crippen molar-refractivity contribution >= 4 is 21.6 Å². The predicted molar refractivity (Wildman–Crippen MR) is 102 cm³/mol. The van der Waals surface area contributed by atoms with Gasteiger partial charge >= 0.3 is 0 Å². The largest absolute Gasteiger partial charge is 0.493 e. The Labute approximate surface area is 151 Å². The lowest BCUT2D eigenvalue weighted by Crippen LogP contribution is -2.30. The van der Waals surface area contributed by atoms with E-state index in [1.807, 2.05) is 6.07 Å². The molecule has 0 amide bonds. The molecule has 0 N–H and O–H groups in total. The number of aliphatic imine (C=N–C) groups is 1. The van der Waals surface area contributed by atoms with E-state index < -0.39 is 0 Å². The van der Waals surface area contributed by atoms with Crippen LogP contribution in [0.3, 0.4) is 0 Å². The maximum Gasteiger partial charge on any atom is 0.161 e. The number of ether oxygens (including phenoxy) is 2. The van der Waals surface area contributed by atoms with Gasteiger partial charge in [0.2, 0.25) is 0 Å². The number of hydrogen-bond acceptors (Lipinski definition) is 3. The standard InChI is InChI=1S/C20H22BrNO2/c1-20(2)12-14-10-18(23-3)19(24-4)11-15(14)17(22-20)9-13-7-5-6-8-16(13)21/h5-8,10-11H,9,12H2,1-4H3. The summed E-state index contributed by atoms with van der Waals surface area (Å²) >= 11 is 3.64. The van der Waals surface area contributed by atoms with E-state index in [1.54, 1.807) is 14.2 Å². The summed E-state index contributed by atoms with van der Waals surface area (Å²) in [7, 11) is 3.34. The third-order valence-corrected chi connectivity index (χ3v) is 5.07. The second-order valence-electron chi connectivity index (χ2n) is 6.68. The molecule has 2 aromatic rings. The van der Waals surface area contributed by atoms with Crippen LogP contribution in [-0.4, -0.2) is 25.5 Å². The molecule has 4 heteroatoms. The molecule has 0 aromatic heterocycles. The lowest BCUT2D eigenvalue weighted by atomic mass is 9.85. The minimum atomic E-state index is -0.122. The molecule has 0 atom stereocenters. The first-order chi connectivity index (χ1) is 11.4. The molecule has 3 rings (SSSR count). The summed E-state index contributed by atoms with van der Waals surface area (Å²) in [5.74, 6) is 1.52. The maximum atomic E-state index is 5.49. The zero-order valence-corrected chi connectivity index (χ0v) is 16.1. The van der Waals surface area contributed by atoms with Crippen LogP contribution >= 0.6 is 15.9 Å². The summed E-state index contributed by atoms with van der Waals surface area (Å²) in [6.07, 6.45) is 1.68. The summed E-state index contributed by atoms with van der Waals surface area (Å²) in [5, 5.41) is 0. The van der Waals surface area contributed by atoms with Crippen LogP contribution < -0.4 is 9.47 Å². The van der Waals surface area contributed by atoms with Gasteiger partial charge in [-0.15, -0.1) is 0 Å². The van der Waals surface area contributed by atoms with E-state index in [4.69, 9.17) is 14.5 Å². The Bertz CT molecular complexity index is 796. The highest BCUT2D eigenvalue weighted by atomic mass is 79.9. The smallest absolute Gasteiger partial charge is 0.161 e. The van der Waals surface area contributed by atoms with E-state index in [2.05, 4.69) is 60.1 Å². The van der Waals surface area contributed by atoms with Gasteiger partial charge in [0, 0.05) is 22.2 Å². The Morgan fingerprint density at radius 3 is 2.42 bits per heavy atom. The molecule has 1 aliphatic rings. The Morgan fingerprint density at radius 1 is 1.08 bits per heavy atom. The Morgan fingerprint density at radius 2 is 1.75 bits per heavy atom. The van der Waals surface area contributed by atoms with Crippen LogP contribution in [0.15, 0.2) is 45.9 Å². The molecule has 0 radical (unpaired) electrons. The number of fused-ring (bicyclic) bond motifs is 1. The van der Waals surface area contributed by atoms with Gasteiger partial charge in [-0.3, -0.25) is 4.99 Å². The van der Waals surface area contributed by atoms with Gasteiger partial charge in [-0.2, -0.15) is 0 Å². The molecule has 0 saturated heterocycles. The van der Waals surface area contributed by atoms with Crippen LogP contribution in [-0.2, 0) is 12.8 Å². The first-order valence-corrected chi connectivity index (χ1v) is 8.80. The van der Waals surface area contributed by atoms with E-state index in [1.165, 1.54) is 11.1 Å². The van der Waals surface area contributed by atoms with Crippen LogP contribution in [0.2, 0.25) is 0 Å². The third-order valence-electron chi connectivity index (χ3n) is 4.30. The van der Waals surface area contributed by atoms with Crippen LogP contribution in [0.25, 0.3) is 0 Å². The van der Waals surface area contributed by atoms with Gasteiger partial charge in [-0.25, -0.2) is 0 Å². The van der Waals surface area contributed by atoms with E-state index in [0.29, 0.717) is 0 Å². The topological polar surface area (TPSA) is 30.8 Å². The fourth-order valence-electron chi connectivity index (χ4n) is 3.22. The third kappa shape index (κ3) is 3.34. The van der Waals surface area contributed by atoms with Gasteiger partial charge < -0.3 is 9.47 Å². The van der Waals surface area contributed by atoms with Crippen LogP contribution in [0.4, 0.5) is 0 Å². The van der Waals surface area contributed by atoms with E-state index >= 15 is 0 Å².